The minimum Gasteiger partial charge on any atom is -0.481 e. The van der Waals surface area contributed by atoms with E-state index >= 15 is 0 Å². The Balaban J connectivity index is 1.55. The van der Waals surface area contributed by atoms with E-state index in [9.17, 15) is 14.4 Å². The Morgan fingerprint density at radius 3 is 2.61 bits per heavy atom. The van der Waals surface area contributed by atoms with Crippen molar-refractivity contribution in [1.29, 1.82) is 0 Å². The molecule has 1 aliphatic heterocycles. The van der Waals surface area contributed by atoms with Crippen molar-refractivity contribution in [2.75, 3.05) is 19.0 Å². The fourth-order valence-corrected chi connectivity index (χ4v) is 5.27. The number of rotatable bonds is 14. The zero-order valence-corrected chi connectivity index (χ0v) is 24.3. The van der Waals surface area contributed by atoms with Crippen LogP contribution in [0.1, 0.15) is 72.6 Å². The first-order valence-electron chi connectivity index (χ1n) is 14.2. The molecule has 2 N–H and O–H groups in total. The molecular weight excluding hydrogens is 518 g/mol. The van der Waals surface area contributed by atoms with Gasteiger partial charge in [0, 0.05) is 61.1 Å². The van der Waals surface area contributed by atoms with Crippen LogP contribution in [0.3, 0.4) is 0 Å². The lowest BCUT2D eigenvalue weighted by Gasteiger charge is -2.19. The summed E-state index contributed by atoms with van der Waals surface area (Å²) in [4.78, 5) is 41.9. The van der Waals surface area contributed by atoms with Crippen molar-refractivity contribution in [3.63, 3.8) is 0 Å². The molecule has 0 spiro atoms. The molecule has 0 saturated heterocycles. The summed E-state index contributed by atoms with van der Waals surface area (Å²) in [7, 11) is 1.63. The number of nitrogens with zero attached hydrogens (tertiary/aromatic N) is 2. The number of nitrogens with one attached hydrogen (secondary N) is 1. The van der Waals surface area contributed by atoms with Gasteiger partial charge in [0.15, 0.2) is 5.78 Å². The lowest BCUT2D eigenvalue weighted by Crippen LogP contribution is -2.24. The van der Waals surface area contributed by atoms with Gasteiger partial charge >= 0.3 is 5.97 Å². The number of fused-ring (bicyclic) bond motifs is 1. The number of hydrogen-bond donors (Lipinski definition) is 2. The largest absolute Gasteiger partial charge is 0.481 e. The lowest BCUT2D eigenvalue weighted by atomic mass is 9.99. The molecule has 0 aliphatic carbocycles. The van der Waals surface area contributed by atoms with Gasteiger partial charge in [-0.05, 0) is 93.0 Å². The number of Topliss-reactive ketones (excluding diaryl/α,β-unsaturated/α-hetero) is 1. The second kappa shape index (κ2) is 13.5. The van der Waals surface area contributed by atoms with Gasteiger partial charge in [-0.25, -0.2) is 0 Å². The number of anilines is 1. The van der Waals surface area contributed by atoms with E-state index in [1.165, 1.54) is 0 Å². The van der Waals surface area contributed by atoms with Gasteiger partial charge in [-0.1, -0.05) is 18.2 Å². The standard InChI is InChI=1S/C33H39N3O5/c1-21-15-27(34-19-21)16-24-10-11-25(7-5-9-32(38)39)29(17-24)35-33(40)23(3)36-20-22(2)28-18-26(12-13-30(28)36)31(37)8-6-14-41-4/h10-13,15,17-20,23,27H,5-9,14,16H2,1-4H3,(H,35,40)(H,38,39). The molecule has 1 aromatic heterocycles. The monoisotopic (exact) mass is 557 g/mol. The Morgan fingerprint density at radius 2 is 1.90 bits per heavy atom. The molecule has 8 heteroatoms. The first-order chi connectivity index (χ1) is 19.7. The fourth-order valence-electron chi connectivity index (χ4n) is 5.27. The van der Waals surface area contributed by atoms with E-state index in [1.54, 1.807) is 7.11 Å². The van der Waals surface area contributed by atoms with Crippen LogP contribution in [0.4, 0.5) is 5.69 Å². The van der Waals surface area contributed by atoms with Gasteiger partial charge < -0.3 is 19.7 Å². The molecule has 0 bridgehead atoms. The third-order valence-corrected chi connectivity index (χ3v) is 7.54. The Kier molecular flexibility index (Phi) is 9.89. The van der Waals surface area contributed by atoms with E-state index in [2.05, 4.69) is 16.4 Å². The van der Waals surface area contributed by atoms with Crippen LogP contribution in [0.25, 0.3) is 10.9 Å². The molecule has 1 amide bonds. The minimum atomic E-state index is -0.836. The predicted molar refractivity (Wildman–Crippen MR) is 162 cm³/mol. The van der Waals surface area contributed by atoms with Gasteiger partial charge in [0.05, 0.1) is 6.04 Å². The van der Waals surface area contributed by atoms with Crippen LogP contribution in [0.5, 0.6) is 0 Å². The fraction of sp³-hybridized carbons (Fsp3) is 0.394. The summed E-state index contributed by atoms with van der Waals surface area (Å²) in [5, 5.41) is 13.2. The Morgan fingerprint density at radius 1 is 1.10 bits per heavy atom. The number of aliphatic carboxylic acids is 1. The maximum atomic E-state index is 13.6. The average Bonchev–Trinajstić information content (AvgIpc) is 3.50. The SMILES string of the molecule is COCCCC(=O)c1ccc2c(c1)c(C)cn2C(C)C(=O)Nc1cc(CC2C=C(C)C=N2)ccc1CCCC(=O)O. The van der Waals surface area contributed by atoms with E-state index < -0.39 is 12.0 Å². The third-order valence-electron chi connectivity index (χ3n) is 7.54. The summed E-state index contributed by atoms with van der Waals surface area (Å²) in [5.74, 6) is -0.934. The van der Waals surface area contributed by atoms with Gasteiger partial charge in [-0.15, -0.1) is 0 Å². The number of aromatic nitrogens is 1. The number of methoxy groups -OCH3 is 1. The summed E-state index contributed by atoms with van der Waals surface area (Å²) in [6, 6.07) is 11.2. The number of hydrogen-bond acceptors (Lipinski definition) is 5. The highest BCUT2D eigenvalue weighted by atomic mass is 16.5. The lowest BCUT2D eigenvalue weighted by molar-refractivity contribution is -0.137. The molecular formula is C33H39N3O5. The predicted octanol–water partition coefficient (Wildman–Crippen LogP) is 6.11. The van der Waals surface area contributed by atoms with Crippen LogP contribution in [0.15, 0.2) is 59.2 Å². The molecule has 2 heterocycles. The molecule has 0 fully saturated rings. The van der Waals surface area contributed by atoms with Crippen molar-refractivity contribution in [3.05, 3.63) is 76.5 Å². The van der Waals surface area contributed by atoms with Gasteiger partial charge in [-0.3, -0.25) is 19.4 Å². The van der Waals surface area contributed by atoms with Crippen LogP contribution in [0.2, 0.25) is 0 Å². The summed E-state index contributed by atoms with van der Waals surface area (Å²) in [5.41, 5.74) is 6.32. The molecule has 3 aromatic rings. The molecule has 2 atom stereocenters. The van der Waals surface area contributed by atoms with Crippen LogP contribution >= 0.6 is 0 Å². The van der Waals surface area contributed by atoms with Crippen LogP contribution in [0, 0.1) is 6.92 Å². The first-order valence-corrected chi connectivity index (χ1v) is 14.2. The van der Waals surface area contributed by atoms with E-state index in [1.807, 2.05) is 74.1 Å². The number of carboxylic acid groups (broad SMARTS) is 1. The third kappa shape index (κ3) is 7.58. The minimum absolute atomic E-state index is 0.0674. The van der Waals surface area contributed by atoms with Crippen molar-refractivity contribution < 1.29 is 24.2 Å². The number of carbonyl (C=O) groups is 3. The number of aryl methyl sites for hydroxylation is 2. The highest BCUT2D eigenvalue weighted by Crippen LogP contribution is 2.28. The topological polar surface area (TPSA) is 110 Å². The summed E-state index contributed by atoms with van der Waals surface area (Å²) >= 11 is 0. The van der Waals surface area contributed by atoms with Crippen LogP contribution in [-0.2, 0) is 27.2 Å². The van der Waals surface area contributed by atoms with E-state index in [-0.39, 0.29) is 24.2 Å². The Bertz CT molecular complexity index is 1500. The number of ether oxygens (including phenoxy) is 1. The zero-order valence-electron chi connectivity index (χ0n) is 24.3. The van der Waals surface area contributed by atoms with Crippen molar-refractivity contribution >= 4 is 40.5 Å². The number of benzene rings is 2. The molecule has 2 aromatic carbocycles. The Labute approximate surface area is 241 Å². The number of aliphatic imine (C=N–C) groups is 1. The number of allylic oxidation sites excluding steroid dienone is 1. The average molecular weight is 558 g/mol. The first kappa shape index (κ1) is 29.9. The summed E-state index contributed by atoms with van der Waals surface area (Å²) in [6.07, 6.45) is 8.86. The molecule has 0 radical (unpaired) electrons. The van der Waals surface area contributed by atoms with Crippen LogP contribution in [-0.4, -0.2) is 53.3 Å². The van der Waals surface area contributed by atoms with Crippen molar-refractivity contribution in [2.45, 2.75) is 71.4 Å². The Hall–Kier alpha value is -4.04. The number of carbonyl (C=O) groups excluding carboxylic acids is 2. The molecule has 4 rings (SSSR count). The van der Waals surface area contributed by atoms with Gasteiger partial charge in [-0.2, -0.15) is 0 Å². The number of amides is 1. The quantitative estimate of drug-likeness (QED) is 0.184. The van der Waals surface area contributed by atoms with Gasteiger partial charge in [0.1, 0.15) is 6.04 Å². The molecule has 0 saturated carbocycles. The molecule has 2 unspecified atom stereocenters. The highest BCUT2D eigenvalue weighted by Gasteiger charge is 2.21. The highest BCUT2D eigenvalue weighted by molar-refractivity contribution is 6.01. The maximum absolute atomic E-state index is 13.6. The van der Waals surface area contributed by atoms with E-state index in [4.69, 9.17) is 9.84 Å². The second-order valence-electron chi connectivity index (χ2n) is 10.8. The number of ketones is 1. The summed E-state index contributed by atoms with van der Waals surface area (Å²) in [6.45, 7) is 6.41. The summed E-state index contributed by atoms with van der Waals surface area (Å²) < 4.78 is 7.00. The molecule has 1 aliphatic rings. The smallest absolute Gasteiger partial charge is 0.303 e. The van der Waals surface area contributed by atoms with E-state index in [0.29, 0.717) is 43.5 Å². The van der Waals surface area contributed by atoms with Gasteiger partial charge in [0.2, 0.25) is 5.91 Å². The maximum Gasteiger partial charge on any atom is 0.303 e. The molecule has 41 heavy (non-hydrogen) atoms. The number of carboxylic acids is 1. The second-order valence-corrected chi connectivity index (χ2v) is 10.8. The van der Waals surface area contributed by atoms with Crippen molar-refractivity contribution in [2.24, 2.45) is 4.99 Å². The molecule has 216 valence electrons. The van der Waals surface area contributed by atoms with E-state index in [0.717, 1.165) is 39.6 Å². The van der Waals surface area contributed by atoms with Gasteiger partial charge in [0.25, 0.3) is 0 Å². The normalized spacial score (nSPS) is 15.2. The molecule has 8 nitrogen and oxygen atoms in total. The van der Waals surface area contributed by atoms with Crippen LogP contribution < -0.4 is 5.32 Å². The van der Waals surface area contributed by atoms with Crippen molar-refractivity contribution in [1.82, 2.24) is 4.57 Å². The zero-order chi connectivity index (χ0) is 29.5. The van der Waals surface area contributed by atoms with Crippen molar-refractivity contribution in [3.8, 4) is 0 Å².